The van der Waals surface area contributed by atoms with Crippen LogP contribution in [0, 0.1) is 13.8 Å². The molecule has 0 bridgehead atoms. The Morgan fingerprint density at radius 3 is 2.78 bits per heavy atom. The maximum absolute atomic E-state index is 6.13. The first-order valence-corrected chi connectivity index (χ1v) is 6.10. The highest BCUT2D eigenvalue weighted by Crippen LogP contribution is 2.27. The molecule has 90 valence electrons. The largest absolute Gasteiger partial charge is 0.301 e. The highest BCUT2D eigenvalue weighted by atomic mass is 35.5. The molecular formula is C14H12ClN3. The number of rotatable bonds is 1. The lowest BCUT2D eigenvalue weighted by molar-refractivity contribution is 1.07. The van der Waals surface area contributed by atoms with Crippen molar-refractivity contribution in [1.82, 2.24) is 14.5 Å². The number of halogens is 1. The van der Waals surface area contributed by atoms with Crippen LogP contribution < -0.4 is 0 Å². The summed E-state index contributed by atoms with van der Waals surface area (Å²) in [6.45, 7) is 4.09. The van der Waals surface area contributed by atoms with Gasteiger partial charge in [-0.25, -0.2) is 9.97 Å². The fourth-order valence-corrected chi connectivity index (χ4v) is 2.45. The van der Waals surface area contributed by atoms with Crippen molar-refractivity contribution in [3.05, 3.63) is 53.1 Å². The van der Waals surface area contributed by atoms with Crippen molar-refractivity contribution in [2.75, 3.05) is 0 Å². The Bertz CT molecular complexity index is 731. The van der Waals surface area contributed by atoms with Gasteiger partial charge in [0.05, 0.1) is 5.39 Å². The summed E-state index contributed by atoms with van der Waals surface area (Å²) >= 11 is 6.13. The van der Waals surface area contributed by atoms with Crippen LogP contribution in [-0.2, 0) is 0 Å². The standard InChI is InChI=1S/C14H12ClN3/c1-9-4-3-5-11(6-9)18-7-10(2)12-13(15)16-8-17-14(12)18/h3-8H,1-2H3. The predicted molar refractivity (Wildman–Crippen MR) is 73.3 cm³/mol. The van der Waals surface area contributed by atoms with Gasteiger partial charge < -0.3 is 4.57 Å². The Labute approximate surface area is 110 Å². The average molecular weight is 258 g/mol. The monoisotopic (exact) mass is 257 g/mol. The molecule has 2 heterocycles. The molecule has 0 N–H and O–H groups in total. The van der Waals surface area contributed by atoms with Gasteiger partial charge >= 0.3 is 0 Å². The van der Waals surface area contributed by atoms with E-state index in [0.717, 1.165) is 22.3 Å². The Hall–Kier alpha value is -1.87. The van der Waals surface area contributed by atoms with E-state index < -0.39 is 0 Å². The lowest BCUT2D eigenvalue weighted by Gasteiger charge is -2.05. The minimum atomic E-state index is 0.504. The van der Waals surface area contributed by atoms with Crippen molar-refractivity contribution in [2.24, 2.45) is 0 Å². The van der Waals surface area contributed by atoms with E-state index in [4.69, 9.17) is 11.6 Å². The number of aromatic nitrogens is 3. The van der Waals surface area contributed by atoms with Crippen LogP contribution >= 0.6 is 11.6 Å². The van der Waals surface area contributed by atoms with Crippen molar-refractivity contribution in [3.63, 3.8) is 0 Å². The first kappa shape index (κ1) is 11.2. The van der Waals surface area contributed by atoms with Crippen molar-refractivity contribution in [1.29, 1.82) is 0 Å². The van der Waals surface area contributed by atoms with Gasteiger partial charge in [0.15, 0.2) is 0 Å². The van der Waals surface area contributed by atoms with Gasteiger partial charge in [0.1, 0.15) is 17.1 Å². The SMILES string of the molecule is Cc1cccc(-n2cc(C)c3c(Cl)ncnc32)c1. The van der Waals surface area contributed by atoms with Gasteiger partial charge in [0.25, 0.3) is 0 Å². The number of fused-ring (bicyclic) bond motifs is 1. The van der Waals surface area contributed by atoms with Gasteiger partial charge in [0, 0.05) is 11.9 Å². The second-order valence-corrected chi connectivity index (χ2v) is 4.74. The third-order valence-corrected chi connectivity index (χ3v) is 3.29. The molecule has 3 nitrogen and oxygen atoms in total. The number of hydrogen-bond donors (Lipinski definition) is 0. The average Bonchev–Trinajstić information content (AvgIpc) is 2.68. The third kappa shape index (κ3) is 1.68. The minimum absolute atomic E-state index is 0.504. The van der Waals surface area contributed by atoms with Crippen LogP contribution in [0.2, 0.25) is 5.15 Å². The Morgan fingerprint density at radius 2 is 2.00 bits per heavy atom. The lowest BCUT2D eigenvalue weighted by Crippen LogP contribution is -1.94. The molecule has 0 saturated carbocycles. The van der Waals surface area contributed by atoms with E-state index >= 15 is 0 Å². The first-order valence-electron chi connectivity index (χ1n) is 5.72. The molecule has 3 aromatic rings. The van der Waals surface area contributed by atoms with Gasteiger partial charge in [-0.15, -0.1) is 0 Å². The van der Waals surface area contributed by atoms with Gasteiger partial charge in [0.2, 0.25) is 0 Å². The van der Waals surface area contributed by atoms with Crippen LogP contribution in [0.4, 0.5) is 0 Å². The molecule has 3 rings (SSSR count). The minimum Gasteiger partial charge on any atom is -0.301 e. The van der Waals surface area contributed by atoms with E-state index in [1.54, 1.807) is 0 Å². The van der Waals surface area contributed by atoms with E-state index in [1.165, 1.54) is 11.9 Å². The summed E-state index contributed by atoms with van der Waals surface area (Å²) in [5, 5.41) is 1.42. The molecule has 0 saturated heterocycles. The highest BCUT2D eigenvalue weighted by Gasteiger charge is 2.11. The topological polar surface area (TPSA) is 30.7 Å². The second-order valence-electron chi connectivity index (χ2n) is 4.38. The molecule has 18 heavy (non-hydrogen) atoms. The van der Waals surface area contributed by atoms with E-state index in [-0.39, 0.29) is 0 Å². The summed E-state index contributed by atoms with van der Waals surface area (Å²) in [4.78, 5) is 8.37. The van der Waals surface area contributed by atoms with Crippen LogP contribution in [0.5, 0.6) is 0 Å². The maximum atomic E-state index is 6.13. The summed E-state index contributed by atoms with van der Waals surface area (Å²) in [5.41, 5.74) is 4.23. The van der Waals surface area contributed by atoms with E-state index in [0.29, 0.717) is 5.15 Å². The van der Waals surface area contributed by atoms with E-state index in [1.807, 2.05) is 23.8 Å². The van der Waals surface area contributed by atoms with Crippen molar-refractivity contribution in [2.45, 2.75) is 13.8 Å². The highest BCUT2D eigenvalue weighted by molar-refractivity contribution is 6.34. The van der Waals surface area contributed by atoms with Crippen LogP contribution in [-0.4, -0.2) is 14.5 Å². The van der Waals surface area contributed by atoms with E-state index in [9.17, 15) is 0 Å². The van der Waals surface area contributed by atoms with Crippen LogP contribution in [0.25, 0.3) is 16.7 Å². The summed E-state index contributed by atoms with van der Waals surface area (Å²) in [7, 11) is 0. The molecule has 0 fully saturated rings. The zero-order valence-electron chi connectivity index (χ0n) is 10.2. The first-order chi connectivity index (χ1) is 8.66. The third-order valence-electron chi connectivity index (χ3n) is 3.01. The lowest BCUT2D eigenvalue weighted by atomic mass is 10.2. The zero-order valence-corrected chi connectivity index (χ0v) is 10.9. The normalized spacial score (nSPS) is 11.1. The molecule has 0 unspecified atom stereocenters. The molecule has 0 amide bonds. The summed E-state index contributed by atoms with van der Waals surface area (Å²) in [6, 6.07) is 8.29. The summed E-state index contributed by atoms with van der Waals surface area (Å²) in [6.07, 6.45) is 3.54. The van der Waals surface area contributed by atoms with Gasteiger partial charge in [-0.2, -0.15) is 0 Å². The molecule has 0 aliphatic rings. The predicted octanol–water partition coefficient (Wildman–Crippen LogP) is 3.69. The zero-order chi connectivity index (χ0) is 12.7. The van der Waals surface area contributed by atoms with Gasteiger partial charge in [-0.05, 0) is 37.1 Å². The quantitative estimate of drug-likeness (QED) is 0.623. The molecule has 0 aliphatic heterocycles. The molecule has 1 aromatic carbocycles. The summed E-state index contributed by atoms with van der Waals surface area (Å²) < 4.78 is 2.05. The number of benzene rings is 1. The fourth-order valence-electron chi connectivity index (χ4n) is 2.17. The summed E-state index contributed by atoms with van der Waals surface area (Å²) in [5.74, 6) is 0. The number of hydrogen-bond acceptors (Lipinski definition) is 2. The fraction of sp³-hybridized carbons (Fsp3) is 0.143. The maximum Gasteiger partial charge on any atom is 0.149 e. The molecule has 0 aliphatic carbocycles. The Balaban J connectivity index is 2.34. The molecular weight excluding hydrogens is 246 g/mol. The van der Waals surface area contributed by atoms with Crippen molar-refractivity contribution >= 4 is 22.6 Å². The smallest absolute Gasteiger partial charge is 0.149 e. The molecule has 2 aromatic heterocycles. The molecule has 0 atom stereocenters. The Kier molecular flexibility index (Phi) is 2.56. The Morgan fingerprint density at radius 1 is 1.17 bits per heavy atom. The van der Waals surface area contributed by atoms with Gasteiger partial charge in [-0.1, -0.05) is 23.7 Å². The molecule has 0 radical (unpaired) electrons. The van der Waals surface area contributed by atoms with Crippen molar-refractivity contribution < 1.29 is 0 Å². The van der Waals surface area contributed by atoms with Crippen LogP contribution in [0.3, 0.4) is 0 Å². The van der Waals surface area contributed by atoms with Crippen molar-refractivity contribution in [3.8, 4) is 5.69 Å². The van der Waals surface area contributed by atoms with Crippen LogP contribution in [0.1, 0.15) is 11.1 Å². The molecule has 0 spiro atoms. The molecule has 4 heteroatoms. The number of aryl methyl sites for hydroxylation is 2. The van der Waals surface area contributed by atoms with Gasteiger partial charge in [-0.3, -0.25) is 0 Å². The van der Waals surface area contributed by atoms with E-state index in [2.05, 4.69) is 35.1 Å². The van der Waals surface area contributed by atoms with Crippen LogP contribution in [0.15, 0.2) is 36.8 Å². The number of nitrogens with zero attached hydrogens (tertiary/aromatic N) is 3. The second kappa shape index (κ2) is 4.10.